The van der Waals surface area contributed by atoms with Gasteiger partial charge in [-0.05, 0) is 31.5 Å². The first-order chi connectivity index (χ1) is 12.4. The summed E-state index contributed by atoms with van der Waals surface area (Å²) >= 11 is 6.14. The molecule has 1 saturated carbocycles. The molecule has 26 heavy (non-hydrogen) atoms. The zero-order chi connectivity index (χ0) is 18.5. The van der Waals surface area contributed by atoms with Crippen molar-refractivity contribution in [1.82, 2.24) is 19.9 Å². The number of allylic oxidation sites excluding steroid dienone is 1. The number of hydrogen-bond donors (Lipinski definition) is 2. The van der Waals surface area contributed by atoms with Gasteiger partial charge >= 0.3 is 0 Å². The van der Waals surface area contributed by atoms with Gasteiger partial charge in [-0.15, -0.1) is 0 Å². The second-order valence-corrected chi connectivity index (χ2v) is 7.07. The molecular formula is C18H18ClF2N5. The van der Waals surface area contributed by atoms with Crippen molar-refractivity contribution in [2.45, 2.75) is 38.3 Å². The van der Waals surface area contributed by atoms with Gasteiger partial charge in [0.15, 0.2) is 0 Å². The largest absolute Gasteiger partial charge is 0.401 e. The lowest BCUT2D eigenvalue weighted by atomic mass is 9.87. The summed E-state index contributed by atoms with van der Waals surface area (Å²) in [4.78, 5) is 8.93. The predicted molar refractivity (Wildman–Crippen MR) is 98.0 cm³/mol. The molecule has 1 unspecified atom stereocenters. The second kappa shape index (κ2) is 6.09. The van der Waals surface area contributed by atoms with E-state index < -0.39 is 12.0 Å². The third-order valence-corrected chi connectivity index (χ3v) is 4.93. The zero-order valence-corrected chi connectivity index (χ0v) is 14.9. The molecule has 8 heteroatoms. The molecule has 0 radical (unpaired) electrons. The van der Waals surface area contributed by atoms with Crippen LogP contribution in [0.25, 0.3) is 21.9 Å². The summed E-state index contributed by atoms with van der Waals surface area (Å²) in [7, 11) is 0. The maximum Gasteiger partial charge on any atom is 0.268 e. The Morgan fingerprint density at radius 3 is 2.92 bits per heavy atom. The molecule has 4 rings (SSSR count). The minimum absolute atomic E-state index is 0.115. The summed E-state index contributed by atoms with van der Waals surface area (Å²) in [5.74, 6) is -2.23. The lowest BCUT2D eigenvalue weighted by Crippen LogP contribution is -2.41. The molecule has 0 bridgehead atoms. The minimum atomic E-state index is -2.75. The number of nitrogens with one attached hydrogen (secondary N) is 1. The highest BCUT2D eigenvalue weighted by Gasteiger charge is 2.50. The fraction of sp³-hybridized carbons (Fsp3) is 0.333. The molecule has 2 heterocycles. The van der Waals surface area contributed by atoms with E-state index in [1.807, 2.05) is 0 Å². The number of pyridine rings is 1. The molecule has 0 aliphatic heterocycles. The monoisotopic (exact) mass is 377 g/mol. The molecule has 1 atom stereocenters. The standard InChI is InChI=1S/C18H18ClF2N5/c1-10(22)7-23-9-16-25-14-8-24-13-3-2-11(19)6-12(13)17(14)26(16)15-4-5-18(15,20)21/h2-3,6-8,15,23H,4-5,9,22H2,1H3/b10-7-. The Bertz CT molecular complexity index is 1020. The Balaban J connectivity index is 1.94. The number of rotatable bonds is 4. The van der Waals surface area contributed by atoms with Crippen LogP contribution in [0.5, 0.6) is 0 Å². The second-order valence-electron chi connectivity index (χ2n) is 6.64. The van der Waals surface area contributed by atoms with Crippen molar-refractivity contribution in [3.8, 4) is 0 Å². The van der Waals surface area contributed by atoms with Crippen molar-refractivity contribution in [3.63, 3.8) is 0 Å². The van der Waals surface area contributed by atoms with Crippen LogP contribution in [-0.2, 0) is 6.54 Å². The Labute approximate surface area is 153 Å². The first-order valence-electron chi connectivity index (χ1n) is 8.35. The Kier molecular flexibility index (Phi) is 3.99. The number of nitrogens with two attached hydrogens (primary N) is 1. The molecule has 0 spiro atoms. The molecule has 2 aromatic heterocycles. The van der Waals surface area contributed by atoms with Crippen LogP contribution < -0.4 is 11.1 Å². The Morgan fingerprint density at radius 1 is 1.46 bits per heavy atom. The van der Waals surface area contributed by atoms with Gasteiger partial charge in [-0.3, -0.25) is 4.98 Å². The van der Waals surface area contributed by atoms with Gasteiger partial charge in [-0.25, -0.2) is 13.8 Å². The number of nitrogens with zero attached hydrogens (tertiary/aromatic N) is 3. The van der Waals surface area contributed by atoms with Gasteiger partial charge in [0.1, 0.15) is 11.3 Å². The van der Waals surface area contributed by atoms with E-state index in [1.165, 1.54) is 0 Å². The molecule has 3 N–H and O–H groups in total. The molecule has 0 amide bonds. The van der Waals surface area contributed by atoms with Gasteiger partial charge in [0.05, 0.1) is 29.8 Å². The molecule has 5 nitrogen and oxygen atoms in total. The third kappa shape index (κ3) is 2.76. The van der Waals surface area contributed by atoms with Crippen LogP contribution in [0.4, 0.5) is 8.78 Å². The van der Waals surface area contributed by atoms with Crippen molar-refractivity contribution in [2.75, 3.05) is 0 Å². The maximum absolute atomic E-state index is 14.3. The van der Waals surface area contributed by atoms with Gasteiger partial charge in [-0.2, -0.15) is 0 Å². The van der Waals surface area contributed by atoms with Crippen LogP contribution in [0, 0.1) is 0 Å². The number of aromatic nitrogens is 3. The first-order valence-corrected chi connectivity index (χ1v) is 8.73. The fourth-order valence-corrected chi connectivity index (χ4v) is 3.54. The quantitative estimate of drug-likeness (QED) is 0.717. The average molecular weight is 378 g/mol. The van der Waals surface area contributed by atoms with Gasteiger partial charge < -0.3 is 15.6 Å². The van der Waals surface area contributed by atoms with Gasteiger partial charge in [0.2, 0.25) is 0 Å². The number of benzene rings is 1. The number of halogens is 3. The number of hydrogen-bond acceptors (Lipinski definition) is 4. The summed E-state index contributed by atoms with van der Waals surface area (Å²) in [6.45, 7) is 2.04. The van der Waals surface area contributed by atoms with Crippen molar-refractivity contribution >= 4 is 33.5 Å². The molecular weight excluding hydrogens is 360 g/mol. The van der Waals surface area contributed by atoms with E-state index in [0.717, 1.165) is 5.39 Å². The van der Waals surface area contributed by atoms with E-state index >= 15 is 0 Å². The smallest absolute Gasteiger partial charge is 0.268 e. The molecule has 1 fully saturated rings. The molecule has 1 aromatic carbocycles. The maximum atomic E-state index is 14.3. The van der Waals surface area contributed by atoms with E-state index in [2.05, 4.69) is 15.3 Å². The van der Waals surface area contributed by atoms with Crippen LogP contribution in [0.15, 0.2) is 36.3 Å². The Hall–Kier alpha value is -2.41. The number of fused-ring (bicyclic) bond motifs is 3. The van der Waals surface area contributed by atoms with Crippen LogP contribution in [0.2, 0.25) is 5.02 Å². The van der Waals surface area contributed by atoms with E-state index in [4.69, 9.17) is 17.3 Å². The summed E-state index contributed by atoms with van der Waals surface area (Å²) < 4.78 is 30.2. The van der Waals surface area contributed by atoms with Crippen molar-refractivity contribution in [3.05, 3.63) is 47.1 Å². The summed E-state index contributed by atoms with van der Waals surface area (Å²) in [6.07, 6.45) is 3.54. The van der Waals surface area contributed by atoms with Gasteiger partial charge in [0.25, 0.3) is 5.92 Å². The van der Waals surface area contributed by atoms with Crippen LogP contribution in [0.1, 0.15) is 31.6 Å². The van der Waals surface area contributed by atoms with Gasteiger partial charge in [0, 0.05) is 28.7 Å². The highest BCUT2D eigenvalue weighted by atomic mass is 35.5. The summed E-state index contributed by atoms with van der Waals surface area (Å²) in [6, 6.07) is 4.35. The number of alkyl halides is 2. The average Bonchev–Trinajstić information content (AvgIpc) is 2.92. The molecule has 1 aliphatic rings. The first kappa shape index (κ1) is 17.0. The lowest BCUT2D eigenvalue weighted by Gasteiger charge is -2.38. The van der Waals surface area contributed by atoms with Crippen LogP contribution in [0.3, 0.4) is 0 Å². The van der Waals surface area contributed by atoms with Crippen LogP contribution >= 0.6 is 11.6 Å². The van der Waals surface area contributed by atoms with Crippen LogP contribution in [-0.4, -0.2) is 20.5 Å². The van der Waals surface area contributed by atoms with E-state index in [-0.39, 0.29) is 13.0 Å². The summed E-state index contributed by atoms with van der Waals surface area (Å²) in [5.41, 5.74) is 8.14. The van der Waals surface area contributed by atoms with Crippen molar-refractivity contribution in [1.29, 1.82) is 0 Å². The van der Waals surface area contributed by atoms with Crippen molar-refractivity contribution < 1.29 is 8.78 Å². The molecule has 136 valence electrons. The normalized spacial score (nSPS) is 19.7. The topological polar surface area (TPSA) is 68.8 Å². The van der Waals surface area contributed by atoms with E-state index in [9.17, 15) is 8.78 Å². The number of imidazole rings is 1. The minimum Gasteiger partial charge on any atom is -0.401 e. The van der Waals surface area contributed by atoms with Crippen molar-refractivity contribution in [2.24, 2.45) is 5.73 Å². The summed E-state index contributed by atoms with van der Waals surface area (Å²) in [5, 5.41) is 4.28. The molecule has 0 saturated heterocycles. The van der Waals surface area contributed by atoms with E-state index in [0.29, 0.717) is 39.5 Å². The predicted octanol–water partition coefficient (Wildman–Crippen LogP) is 4.12. The van der Waals surface area contributed by atoms with E-state index in [1.54, 1.807) is 42.1 Å². The lowest BCUT2D eigenvalue weighted by molar-refractivity contribution is -0.122. The zero-order valence-electron chi connectivity index (χ0n) is 14.1. The highest BCUT2D eigenvalue weighted by molar-refractivity contribution is 6.31. The Morgan fingerprint density at radius 2 is 2.27 bits per heavy atom. The SMILES string of the molecule is C/C(N)=C/NCc1nc2cnc3ccc(Cl)cc3c2n1C1CCC1(F)F. The highest BCUT2D eigenvalue weighted by Crippen LogP contribution is 2.49. The molecule has 1 aliphatic carbocycles. The van der Waals surface area contributed by atoms with Gasteiger partial charge in [-0.1, -0.05) is 11.6 Å². The third-order valence-electron chi connectivity index (χ3n) is 4.69. The fourth-order valence-electron chi connectivity index (χ4n) is 3.37. The molecule has 3 aromatic rings.